The number of nitrogen functional groups attached to an aromatic ring is 1. The third-order valence-corrected chi connectivity index (χ3v) is 10.0. The summed E-state index contributed by atoms with van der Waals surface area (Å²) in [5.41, 5.74) is 23.4. The zero-order chi connectivity index (χ0) is 31.2. The number of nitrogens with zero attached hydrogens (tertiary/aromatic N) is 2. The number of nitrogens with two attached hydrogens (primary N) is 2. The van der Waals surface area contributed by atoms with Gasteiger partial charge in [-0.2, -0.15) is 0 Å². The molecular formula is C42H30N4O. The van der Waals surface area contributed by atoms with Gasteiger partial charge in [-0.3, -0.25) is 0 Å². The maximum atomic E-state index is 6.96. The Morgan fingerprint density at radius 1 is 0.574 bits per heavy atom. The molecule has 10 rings (SSSR count). The molecule has 5 heteroatoms. The molecule has 0 spiro atoms. The quantitative estimate of drug-likeness (QED) is 0.197. The number of aromatic nitrogens is 2. The van der Waals surface area contributed by atoms with Crippen LogP contribution in [0.15, 0.2) is 156 Å². The van der Waals surface area contributed by atoms with Crippen molar-refractivity contribution in [1.29, 1.82) is 0 Å². The second kappa shape index (κ2) is 9.65. The molecule has 47 heavy (non-hydrogen) atoms. The average molecular weight is 607 g/mol. The van der Waals surface area contributed by atoms with Gasteiger partial charge in [0.2, 0.25) is 0 Å². The fraction of sp³-hybridized carbons (Fsp3) is 0.0476. The van der Waals surface area contributed by atoms with Crippen molar-refractivity contribution in [2.24, 2.45) is 5.73 Å². The number of allylic oxidation sites excluding steroid dienone is 4. The highest BCUT2D eigenvalue weighted by Gasteiger charge is 2.30. The summed E-state index contributed by atoms with van der Waals surface area (Å²) >= 11 is 0. The molecular weight excluding hydrogens is 576 g/mol. The number of rotatable bonds is 3. The molecule has 0 amide bonds. The van der Waals surface area contributed by atoms with E-state index in [0.29, 0.717) is 0 Å². The smallest absolute Gasteiger partial charge is 0.145 e. The largest absolute Gasteiger partial charge is 0.455 e. The summed E-state index contributed by atoms with van der Waals surface area (Å²) in [5, 5.41) is 6.85. The third-order valence-electron chi connectivity index (χ3n) is 10.0. The van der Waals surface area contributed by atoms with Gasteiger partial charge in [0.15, 0.2) is 0 Å². The fourth-order valence-electron chi connectivity index (χ4n) is 8.01. The molecule has 0 radical (unpaired) electrons. The van der Waals surface area contributed by atoms with Crippen LogP contribution >= 0.6 is 0 Å². The number of hydrogen-bond acceptors (Lipinski definition) is 3. The van der Waals surface area contributed by atoms with Crippen LogP contribution in [-0.4, -0.2) is 9.13 Å². The van der Waals surface area contributed by atoms with E-state index in [4.69, 9.17) is 15.9 Å². The van der Waals surface area contributed by atoms with Crippen molar-refractivity contribution in [2.45, 2.75) is 12.0 Å². The number of hydrogen-bond donors (Lipinski definition) is 2. The van der Waals surface area contributed by atoms with Gasteiger partial charge in [0.25, 0.3) is 0 Å². The zero-order valence-corrected chi connectivity index (χ0v) is 25.5. The van der Waals surface area contributed by atoms with Crippen LogP contribution in [-0.2, 0) is 0 Å². The first-order chi connectivity index (χ1) is 23.2. The topological polar surface area (TPSA) is 75.0 Å². The Morgan fingerprint density at radius 2 is 1.32 bits per heavy atom. The normalized spacial score (nSPS) is 16.7. The molecule has 2 unspecified atom stereocenters. The standard InChI is InChI=1S/C42H30N4O/c43-26-18-21-35-32(24-26)28-11-4-6-14-34(28)46(35)36-15-8-13-33(44)40(36)25-17-19-31-38(23-25)45(27-9-2-1-3-10-27)37-22-20-30-29-12-5-7-16-39(29)47-42(30)41(31)37/h1-24,36,40H,43-44H2. The van der Waals surface area contributed by atoms with Crippen LogP contribution in [0.3, 0.4) is 0 Å². The molecule has 3 aromatic heterocycles. The van der Waals surface area contributed by atoms with Crippen molar-refractivity contribution < 1.29 is 4.42 Å². The number of fused-ring (bicyclic) bond motifs is 10. The summed E-state index contributed by atoms with van der Waals surface area (Å²) in [7, 11) is 0. The van der Waals surface area contributed by atoms with Gasteiger partial charge in [-0.15, -0.1) is 0 Å². The molecule has 4 N–H and O–H groups in total. The van der Waals surface area contributed by atoms with Gasteiger partial charge in [0.05, 0.1) is 22.5 Å². The highest BCUT2D eigenvalue weighted by Crippen LogP contribution is 2.45. The summed E-state index contributed by atoms with van der Waals surface area (Å²) in [5.74, 6) is -0.0885. The summed E-state index contributed by atoms with van der Waals surface area (Å²) < 4.78 is 11.4. The molecule has 0 saturated carbocycles. The number of furan rings is 1. The third kappa shape index (κ3) is 3.65. The van der Waals surface area contributed by atoms with E-state index in [1.165, 1.54) is 5.39 Å². The van der Waals surface area contributed by atoms with Gasteiger partial charge in [0.1, 0.15) is 11.2 Å². The second-order valence-corrected chi connectivity index (χ2v) is 12.6. The van der Waals surface area contributed by atoms with Crippen molar-refractivity contribution in [3.05, 3.63) is 157 Å². The summed E-state index contributed by atoms with van der Waals surface area (Å²) in [6.45, 7) is 0. The van der Waals surface area contributed by atoms with Crippen LogP contribution in [0.4, 0.5) is 5.69 Å². The first-order valence-corrected chi connectivity index (χ1v) is 16.0. The summed E-state index contributed by atoms with van der Waals surface area (Å²) in [4.78, 5) is 0. The SMILES string of the molecule is NC1=CC=CC(n2c3ccccc3c3cc(N)ccc32)C1c1ccc2c3c4oc5ccccc5c4ccc3n(-c3ccccc3)c2c1. The Bertz CT molecular complexity index is 2780. The molecule has 0 fully saturated rings. The number of benzene rings is 6. The van der Waals surface area contributed by atoms with E-state index in [0.717, 1.165) is 82.8 Å². The predicted octanol–water partition coefficient (Wildman–Crippen LogP) is 10.1. The van der Waals surface area contributed by atoms with Crippen LogP contribution in [0, 0.1) is 0 Å². The maximum absolute atomic E-state index is 6.96. The van der Waals surface area contributed by atoms with Crippen molar-refractivity contribution in [3.63, 3.8) is 0 Å². The minimum Gasteiger partial charge on any atom is -0.455 e. The van der Waals surface area contributed by atoms with E-state index in [2.05, 4.69) is 130 Å². The van der Waals surface area contributed by atoms with Gasteiger partial charge >= 0.3 is 0 Å². The van der Waals surface area contributed by atoms with Crippen molar-refractivity contribution >= 4 is 71.2 Å². The highest BCUT2D eigenvalue weighted by atomic mass is 16.3. The van der Waals surface area contributed by atoms with E-state index >= 15 is 0 Å². The Balaban J connectivity index is 1.25. The lowest BCUT2D eigenvalue weighted by Gasteiger charge is -2.31. The first-order valence-electron chi connectivity index (χ1n) is 16.0. The monoisotopic (exact) mass is 606 g/mol. The van der Waals surface area contributed by atoms with Gasteiger partial charge < -0.3 is 25.0 Å². The Kier molecular flexibility index (Phi) is 5.35. The lowest BCUT2D eigenvalue weighted by Crippen LogP contribution is -2.23. The molecule has 0 aliphatic heterocycles. The van der Waals surface area contributed by atoms with Crippen LogP contribution in [0.1, 0.15) is 17.5 Å². The van der Waals surface area contributed by atoms with Crippen LogP contribution in [0.5, 0.6) is 0 Å². The molecule has 0 saturated heterocycles. The Morgan fingerprint density at radius 3 is 2.21 bits per heavy atom. The minimum absolute atomic E-state index is 0.0416. The van der Waals surface area contributed by atoms with Crippen molar-refractivity contribution in [3.8, 4) is 5.69 Å². The first kappa shape index (κ1) is 26.1. The van der Waals surface area contributed by atoms with E-state index in [-0.39, 0.29) is 12.0 Å². The van der Waals surface area contributed by atoms with E-state index in [1.807, 2.05) is 24.3 Å². The molecule has 1 aliphatic carbocycles. The molecule has 1 aliphatic rings. The molecule has 0 bridgehead atoms. The summed E-state index contributed by atoms with van der Waals surface area (Å²) in [6, 6.07) is 44.9. The van der Waals surface area contributed by atoms with Crippen LogP contribution < -0.4 is 11.5 Å². The number of para-hydroxylation sites is 3. The number of anilines is 1. The second-order valence-electron chi connectivity index (χ2n) is 12.6. The summed E-state index contributed by atoms with van der Waals surface area (Å²) in [6.07, 6.45) is 6.41. The van der Waals surface area contributed by atoms with Crippen LogP contribution in [0.25, 0.3) is 71.2 Å². The van der Waals surface area contributed by atoms with Gasteiger partial charge in [-0.05, 0) is 72.3 Å². The molecule has 5 nitrogen and oxygen atoms in total. The van der Waals surface area contributed by atoms with Gasteiger partial charge in [0, 0.05) is 61.0 Å². The van der Waals surface area contributed by atoms with E-state index in [1.54, 1.807) is 0 Å². The fourth-order valence-corrected chi connectivity index (χ4v) is 8.01. The van der Waals surface area contributed by atoms with Gasteiger partial charge in [-0.25, -0.2) is 0 Å². The highest BCUT2D eigenvalue weighted by molar-refractivity contribution is 6.24. The molecule has 2 atom stereocenters. The minimum atomic E-state index is -0.0885. The maximum Gasteiger partial charge on any atom is 0.145 e. The zero-order valence-electron chi connectivity index (χ0n) is 25.5. The van der Waals surface area contributed by atoms with Crippen molar-refractivity contribution in [2.75, 3.05) is 5.73 Å². The lowest BCUT2D eigenvalue weighted by molar-refractivity contribution is 0.551. The molecule has 9 aromatic rings. The molecule has 3 heterocycles. The lowest BCUT2D eigenvalue weighted by atomic mass is 9.84. The van der Waals surface area contributed by atoms with Crippen LogP contribution in [0.2, 0.25) is 0 Å². The predicted molar refractivity (Wildman–Crippen MR) is 195 cm³/mol. The van der Waals surface area contributed by atoms with E-state index < -0.39 is 0 Å². The Labute approximate surface area is 270 Å². The molecule has 6 aromatic carbocycles. The van der Waals surface area contributed by atoms with Crippen molar-refractivity contribution in [1.82, 2.24) is 9.13 Å². The average Bonchev–Trinajstić information content (AvgIpc) is 3.75. The van der Waals surface area contributed by atoms with E-state index in [9.17, 15) is 0 Å². The van der Waals surface area contributed by atoms with Gasteiger partial charge in [-0.1, -0.05) is 78.9 Å². The Hall–Kier alpha value is -6.20. The molecule has 224 valence electrons.